The fourth-order valence-electron chi connectivity index (χ4n) is 3.38. The number of amides is 1. The molecule has 1 N–H and O–H groups in total. The fourth-order valence-corrected chi connectivity index (χ4v) is 3.38. The van der Waals surface area contributed by atoms with Crippen molar-refractivity contribution in [3.63, 3.8) is 0 Å². The molecule has 4 nitrogen and oxygen atoms in total. The number of carbonyl (C=O) groups excluding carboxylic acids is 1. The second-order valence-corrected chi connectivity index (χ2v) is 6.90. The average molecular weight is 386 g/mol. The van der Waals surface area contributed by atoms with Crippen LogP contribution in [0.15, 0.2) is 60.9 Å². The number of halogens is 1. The van der Waals surface area contributed by atoms with Crippen LogP contribution in [-0.2, 0) is 11.3 Å². The predicted octanol–water partition coefficient (Wildman–Crippen LogP) is 3.94. The maximum Gasteiger partial charge on any atom is 0.244 e. The molecule has 1 saturated heterocycles. The molecule has 1 aliphatic heterocycles. The summed E-state index contributed by atoms with van der Waals surface area (Å²) in [6, 6.07) is 14.5. The van der Waals surface area contributed by atoms with Crippen LogP contribution in [0.2, 0.25) is 0 Å². The zero-order chi connectivity index (χ0) is 18.0. The lowest BCUT2D eigenvalue weighted by atomic mass is 9.93. The lowest BCUT2D eigenvalue weighted by molar-refractivity contribution is -0.116. The van der Waals surface area contributed by atoms with E-state index >= 15 is 0 Å². The molecule has 1 amide bonds. The van der Waals surface area contributed by atoms with Crippen molar-refractivity contribution in [3.05, 3.63) is 72.1 Å². The molecule has 0 atom stereocenters. The van der Waals surface area contributed by atoms with Crippen LogP contribution in [0.4, 0.5) is 0 Å². The second kappa shape index (κ2) is 11.5. The van der Waals surface area contributed by atoms with Gasteiger partial charge in [0.1, 0.15) is 0 Å². The Bertz CT molecular complexity index is 698. The van der Waals surface area contributed by atoms with E-state index in [4.69, 9.17) is 0 Å². The smallest absolute Gasteiger partial charge is 0.244 e. The summed E-state index contributed by atoms with van der Waals surface area (Å²) in [7, 11) is 0. The van der Waals surface area contributed by atoms with E-state index in [1.807, 2.05) is 12.1 Å². The molecule has 2 aromatic rings. The Morgan fingerprint density at radius 2 is 1.93 bits per heavy atom. The molecule has 1 aromatic heterocycles. The third-order valence-electron chi connectivity index (χ3n) is 4.92. The highest BCUT2D eigenvalue weighted by Gasteiger charge is 2.18. The number of hydrogen-bond acceptors (Lipinski definition) is 3. The molecule has 1 fully saturated rings. The van der Waals surface area contributed by atoms with Crippen molar-refractivity contribution in [3.8, 4) is 0 Å². The van der Waals surface area contributed by atoms with Crippen molar-refractivity contribution < 1.29 is 4.79 Å². The first-order chi connectivity index (χ1) is 12.8. The van der Waals surface area contributed by atoms with Crippen LogP contribution >= 0.6 is 12.4 Å². The van der Waals surface area contributed by atoms with Crippen LogP contribution in [0.5, 0.6) is 0 Å². The summed E-state index contributed by atoms with van der Waals surface area (Å²) in [4.78, 5) is 18.4. The molecule has 27 heavy (non-hydrogen) atoms. The van der Waals surface area contributed by atoms with Crippen LogP contribution in [0.25, 0.3) is 6.08 Å². The second-order valence-electron chi connectivity index (χ2n) is 6.90. The van der Waals surface area contributed by atoms with Crippen molar-refractivity contribution in [2.45, 2.75) is 25.8 Å². The van der Waals surface area contributed by atoms with Crippen molar-refractivity contribution in [1.82, 2.24) is 15.2 Å². The number of nitrogens with one attached hydrogen (secondary N) is 1. The Hall–Kier alpha value is -2.17. The molecule has 0 aliphatic carbocycles. The average Bonchev–Trinajstić information content (AvgIpc) is 2.69. The van der Waals surface area contributed by atoms with Crippen LogP contribution in [-0.4, -0.2) is 35.4 Å². The molecule has 0 saturated carbocycles. The standard InChI is InChI=1S/C22H27N3O.ClH/c26-22(9-8-20-7-4-13-23-17-20)24-14-10-19-11-15-25(16-12-19)18-21-5-2-1-3-6-21;/h1-9,13,17,19H,10-12,14-16,18H2,(H,24,26);1H/b9-8+;. The van der Waals surface area contributed by atoms with Gasteiger partial charge in [0.05, 0.1) is 0 Å². The van der Waals surface area contributed by atoms with E-state index in [-0.39, 0.29) is 18.3 Å². The van der Waals surface area contributed by atoms with E-state index in [1.54, 1.807) is 24.5 Å². The van der Waals surface area contributed by atoms with Gasteiger partial charge in [0, 0.05) is 31.6 Å². The summed E-state index contributed by atoms with van der Waals surface area (Å²) in [5.74, 6) is 0.681. The molecule has 3 rings (SSSR count). The highest BCUT2D eigenvalue weighted by atomic mass is 35.5. The van der Waals surface area contributed by atoms with E-state index in [2.05, 4.69) is 45.5 Å². The van der Waals surface area contributed by atoms with E-state index < -0.39 is 0 Å². The number of carbonyl (C=O) groups is 1. The maximum atomic E-state index is 11.9. The molecule has 1 aliphatic rings. The zero-order valence-electron chi connectivity index (χ0n) is 15.6. The first-order valence-electron chi connectivity index (χ1n) is 9.42. The van der Waals surface area contributed by atoms with Gasteiger partial charge < -0.3 is 5.32 Å². The van der Waals surface area contributed by atoms with Gasteiger partial charge in [-0.3, -0.25) is 14.7 Å². The third-order valence-corrected chi connectivity index (χ3v) is 4.92. The van der Waals surface area contributed by atoms with E-state index in [0.29, 0.717) is 5.92 Å². The Labute approximate surface area is 168 Å². The molecule has 5 heteroatoms. The number of aromatic nitrogens is 1. The third kappa shape index (κ3) is 7.53. The highest BCUT2D eigenvalue weighted by Crippen LogP contribution is 2.21. The van der Waals surface area contributed by atoms with Gasteiger partial charge >= 0.3 is 0 Å². The molecule has 0 spiro atoms. The number of pyridine rings is 1. The van der Waals surface area contributed by atoms with Crippen molar-refractivity contribution in [2.24, 2.45) is 5.92 Å². The largest absolute Gasteiger partial charge is 0.353 e. The molecule has 144 valence electrons. The minimum atomic E-state index is -0.0321. The normalized spacial score (nSPS) is 15.4. The van der Waals surface area contributed by atoms with Crippen LogP contribution in [0, 0.1) is 5.92 Å². The summed E-state index contributed by atoms with van der Waals surface area (Å²) in [6.07, 6.45) is 10.3. The number of rotatable bonds is 7. The SMILES string of the molecule is Cl.O=C(/C=C/c1cccnc1)NCCC1CCN(Cc2ccccc2)CC1. The van der Waals surface area contributed by atoms with Crippen molar-refractivity contribution >= 4 is 24.4 Å². The summed E-state index contributed by atoms with van der Waals surface area (Å²) in [5, 5.41) is 2.99. The van der Waals surface area contributed by atoms with Crippen LogP contribution in [0.3, 0.4) is 0 Å². The first-order valence-corrected chi connectivity index (χ1v) is 9.42. The molecule has 1 aromatic carbocycles. The lowest BCUT2D eigenvalue weighted by Crippen LogP contribution is -2.34. The number of likely N-dealkylation sites (tertiary alicyclic amines) is 1. The molecular formula is C22H28ClN3O. The molecule has 2 heterocycles. The molecule has 0 bridgehead atoms. The topological polar surface area (TPSA) is 45.2 Å². The van der Waals surface area contributed by atoms with Gasteiger partial charge in [-0.15, -0.1) is 12.4 Å². The van der Waals surface area contributed by atoms with Crippen molar-refractivity contribution in [1.29, 1.82) is 0 Å². The quantitative estimate of drug-likeness (QED) is 0.734. The van der Waals surface area contributed by atoms with Crippen LogP contribution in [0.1, 0.15) is 30.4 Å². The maximum absolute atomic E-state index is 11.9. The molecule has 0 unspecified atom stereocenters. The van der Waals surface area contributed by atoms with Gasteiger partial charge in [0.25, 0.3) is 0 Å². The van der Waals surface area contributed by atoms with Gasteiger partial charge in [0.2, 0.25) is 5.91 Å². The van der Waals surface area contributed by atoms with Gasteiger partial charge in [0.15, 0.2) is 0 Å². The lowest BCUT2D eigenvalue weighted by Gasteiger charge is -2.32. The Morgan fingerprint density at radius 1 is 1.15 bits per heavy atom. The number of nitrogens with zero attached hydrogens (tertiary/aromatic N) is 2. The van der Waals surface area contributed by atoms with Crippen LogP contribution < -0.4 is 5.32 Å². The minimum absolute atomic E-state index is 0. The number of hydrogen-bond donors (Lipinski definition) is 1. The predicted molar refractivity (Wildman–Crippen MR) is 113 cm³/mol. The zero-order valence-corrected chi connectivity index (χ0v) is 16.4. The minimum Gasteiger partial charge on any atom is -0.353 e. The van der Waals surface area contributed by atoms with Gasteiger partial charge in [-0.1, -0.05) is 36.4 Å². The Morgan fingerprint density at radius 3 is 2.63 bits per heavy atom. The summed E-state index contributed by atoms with van der Waals surface area (Å²) >= 11 is 0. The van der Waals surface area contributed by atoms with E-state index in [0.717, 1.165) is 38.2 Å². The van der Waals surface area contributed by atoms with Gasteiger partial charge in [-0.05, 0) is 61.5 Å². The fraction of sp³-hybridized carbons (Fsp3) is 0.364. The van der Waals surface area contributed by atoms with Gasteiger partial charge in [-0.25, -0.2) is 0 Å². The summed E-state index contributed by atoms with van der Waals surface area (Å²) in [5.41, 5.74) is 2.33. The number of piperidine rings is 1. The number of benzene rings is 1. The Balaban J connectivity index is 0.00000261. The van der Waals surface area contributed by atoms with Gasteiger partial charge in [-0.2, -0.15) is 0 Å². The first kappa shape index (κ1) is 21.1. The molecule has 0 radical (unpaired) electrons. The van der Waals surface area contributed by atoms with E-state index in [9.17, 15) is 4.79 Å². The monoisotopic (exact) mass is 385 g/mol. The Kier molecular flexibility index (Phi) is 9.02. The van der Waals surface area contributed by atoms with E-state index in [1.165, 1.54) is 18.4 Å². The summed E-state index contributed by atoms with van der Waals surface area (Å²) in [6.45, 7) is 4.09. The summed E-state index contributed by atoms with van der Waals surface area (Å²) < 4.78 is 0. The highest BCUT2D eigenvalue weighted by molar-refractivity contribution is 5.91. The molecular weight excluding hydrogens is 358 g/mol. The van der Waals surface area contributed by atoms with Crippen molar-refractivity contribution in [2.75, 3.05) is 19.6 Å².